The van der Waals surface area contributed by atoms with Crippen molar-refractivity contribution < 1.29 is 9.90 Å². The van der Waals surface area contributed by atoms with Crippen molar-refractivity contribution in [3.63, 3.8) is 0 Å². The third-order valence-corrected chi connectivity index (χ3v) is 3.59. The summed E-state index contributed by atoms with van der Waals surface area (Å²) in [6.45, 7) is 0.451. The van der Waals surface area contributed by atoms with Crippen molar-refractivity contribution in [3.8, 4) is 0 Å². The summed E-state index contributed by atoms with van der Waals surface area (Å²) in [6.07, 6.45) is 3.64. The minimum absolute atomic E-state index is 0.175. The molecule has 0 atom stereocenters. The van der Waals surface area contributed by atoms with Crippen molar-refractivity contribution in [2.24, 2.45) is 5.73 Å². The summed E-state index contributed by atoms with van der Waals surface area (Å²) >= 11 is 0. The molecule has 1 heterocycles. The van der Waals surface area contributed by atoms with Gasteiger partial charge in [0.05, 0.1) is 11.3 Å². The van der Waals surface area contributed by atoms with Gasteiger partial charge in [-0.05, 0) is 25.0 Å². The Bertz CT molecular complexity index is 484. The van der Waals surface area contributed by atoms with Crippen LogP contribution in [-0.4, -0.2) is 35.2 Å². The first-order valence-electron chi connectivity index (χ1n) is 6.41. The van der Waals surface area contributed by atoms with Gasteiger partial charge < -0.3 is 21.5 Å². The quantitative estimate of drug-likeness (QED) is 0.734. The molecule has 0 saturated heterocycles. The summed E-state index contributed by atoms with van der Waals surface area (Å²) in [6, 6.07) is 3.11. The summed E-state index contributed by atoms with van der Waals surface area (Å²) in [5.41, 5.74) is 11.0. The van der Waals surface area contributed by atoms with E-state index in [9.17, 15) is 9.90 Å². The Morgan fingerprint density at radius 1 is 1.47 bits per heavy atom. The van der Waals surface area contributed by atoms with Gasteiger partial charge in [0.15, 0.2) is 5.82 Å². The molecule has 2 rings (SSSR count). The number of hydrogen-bond acceptors (Lipinski definition) is 5. The third-order valence-electron chi connectivity index (χ3n) is 3.59. The SMILES string of the molecule is CN(CC1(O)CCCC1)c1nc(C(N)=O)ccc1N. The molecule has 1 aliphatic rings. The van der Waals surface area contributed by atoms with E-state index in [0.29, 0.717) is 18.1 Å². The Labute approximate surface area is 112 Å². The van der Waals surface area contributed by atoms with Crippen LogP contribution in [0.15, 0.2) is 12.1 Å². The van der Waals surface area contributed by atoms with Gasteiger partial charge in [-0.25, -0.2) is 4.98 Å². The van der Waals surface area contributed by atoms with E-state index < -0.39 is 11.5 Å². The van der Waals surface area contributed by atoms with Crippen LogP contribution in [0.5, 0.6) is 0 Å². The standard InChI is InChI=1S/C13H20N4O2/c1-17(8-13(19)6-2-3-7-13)12-9(14)4-5-10(16-12)11(15)18/h4-5,19H,2-3,6-8,14H2,1H3,(H2,15,18). The second kappa shape index (κ2) is 5.05. The third kappa shape index (κ3) is 2.96. The van der Waals surface area contributed by atoms with E-state index in [4.69, 9.17) is 11.5 Å². The molecule has 6 heteroatoms. The van der Waals surface area contributed by atoms with Crippen molar-refractivity contribution in [1.29, 1.82) is 0 Å². The number of aromatic nitrogens is 1. The maximum Gasteiger partial charge on any atom is 0.267 e. The molecular formula is C13H20N4O2. The first-order chi connectivity index (χ1) is 8.91. The van der Waals surface area contributed by atoms with Crippen LogP contribution in [-0.2, 0) is 0 Å². The van der Waals surface area contributed by atoms with Crippen LogP contribution in [0.2, 0.25) is 0 Å². The number of rotatable bonds is 4. The second-order valence-electron chi connectivity index (χ2n) is 5.26. The highest BCUT2D eigenvalue weighted by atomic mass is 16.3. The van der Waals surface area contributed by atoms with E-state index in [1.807, 2.05) is 0 Å². The fourth-order valence-electron chi connectivity index (χ4n) is 2.61. The predicted molar refractivity (Wildman–Crippen MR) is 73.9 cm³/mol. The van der Waals surface area contributed by atoms with Gasteiger partial charge in [0.1, 0.15) is 5.69 Å². The average molecular weight is 264 g/mol. The van der Waals surface area contributed by atoms with Crippen LogP contribution < -0.4 is 16.4 Å². The number of nitrogen functional groups attached to an aromatic ring is 1. The number of amides is 1. The van der Waals surface area contributed by atoms with Gasteiger partial charge in [0, 0.05) is 13.6 Å². The molecule has 1 aliphatic carbocycles. The van der Waals surface area contributed by atoms with Gasteiger partial charge in [-0.3, -0.25) is 4.79 Å². The van der Waals surface area contributed by atoms with E-state index in [0.717, 1.165) is 25.7 Å². The second-order valence-corrected chi connectivity index (χ2v) is 5.26. The molecule has 5 N–H and O–H groups in total. The van der Waals surface area contributed by atoms with Crippen molar-refractivity contribution in [2.75, 3.05) is 24.2 Å². The molecule has 1 aromatic rings. The van der Waals surface area contributed by atoms with Crippen LogP contribution in [0.1, 0.15) is 36.2 Å². The summed E-state index contributed by atoms with van der Waals surface area (Å²) in [4.78, 5) is 17.1. The number of nitrogens with two attached hydrogens (primary N) is 2. The Hall–Kier alpha value is -1.82. The highest BCUT2D eigenvalue weighted by Gasteiger charge is 2.33. The summed E-state index contributed by atoms with van der Waals surface area (Å²) in [5, 5.41) is 10.4. The number of anilines is 2. The van der Waals surface area contributed by atoms with Crippen LogP contribution in [0.3, 0.4) is 0 Å². The lowest BCUT2D eigenvalue weighted by Crippen LogP contribution is -2.40. The van der Waals surface area contributed by atoms with E-state index in [1.54, 1.807) is 18.0 Å². The normalized spacial score (nSPS) is 17.4. The molecule has 19 heavy (non-hydrogen) atoms. The number of carbonyl (C=O) groups excluding carboxylic acids is 1. The largest absolute Gasteiger partial charge is 0.396 e. The number of pyridine rings is 1. The molecule has 0 unspecified atom stereocenters. The number of nitrogens with zero attached hydrogens (tertiary/aromatic N) is 2. The molecule has 0 aromatic carbocycles. The Balaban J connectivity index is 2.20. The number of hydrogen-bond donors (Lipinski definition) is 3. The van der Waals surface area contributed by atoms with E-state index >= 15 is 0 Å². The predicted octanol–water partition coefficient (Wildman–Crippen LogP) is 0.504. The van der Waals surface area contributed by atoms with E-state index in [1.165, 1.54) is 6.07 Å². The highest BCUT2D eigenvalue weighted by Crippen LogP contribution is 2.31. The van der Waals surface area contributed by atoms with E-state index in [-0.39, 0.29) is 5.69 Å². The molecule has 0 bridgehead atoms. The molecule has 0 aliphatic heterocycles. The fourth-order valence-corrected chi connectivity index (χ4v) is 2.61. The van der Waals surface area contributed by atoms with Gasteiger partial charge >= 0.3 is 0 Å². The molecule has 1 aromatic heterocycles. The Kier molecular flexibility index (Phi) is 3.61. The summed E-state index contributed by atoms with van der Waals surface area (Å²) in [5.74, 6) is -0.106. The van der Waals surface area contributed by atoms with Gasteiger partial charge in [0.25, 0.3) is 5.91 Å². The zero-order chi connectivity index (χ0) is 14.0. The molecule has 1 amide bonds. The molecule has 1 fully saturated rings. The zero-order valence-electron chi connectivity index (χ0n) is 11.1. The maximum absolute atomic E-state index is 11.1. The van der Waals surface area contributed by atoms with Crippen LogP contribution in [0, 0.1) is 0 Å². The lowest BCUT2D eigenvalue weighted by Gasteiger charge is -2.30. The highest BCUT2D eigenvalue weighted by molar-refractivity contribution is 5.91. The van der Waals surface area contributed by atoms with Crippen LogP contribution in [0.25, 0.3) is 0 Å². The number of carbonyl (C=O) groups is 1. The summed E-state index contributed by atoms with van der Waals surface area (Å²) < 4.78 is 0. The molecule has 6 nitrogen and oxygen atoms in total. The first kappa shape index (κ1) is 13.6. The van der Waals surface area contributed by atoms with Gasteiger partial charge in [-0.2, -0.15) is 0 Å². The van der Waals surface area contributed by atoms with Crippen molar-refractivity contribution >= 4 is 17.4 Å². The van der Waals surface area contributed by atoms with Crippen LogP contribution in [0.4, 0.5) is 11.5 Å². The van der Waals surface area contributed by atoms with Crippen molar-refractivity contribution in [2.45, 2.75) is 31.3 Å². The molecule has 0 spiro atoms. The number of likely N-dealkylation sites (N-methyl/N-ethyl adjacent to an activating group) is 1. The first-order valence-corrected chi connectivity index (χ1v) is 6.41. The van der Waals surface area contributed by atoms with E-state index in [2.05, 4.69) is 4.98 Å². The van der Waals surface area contributed by atoms with Crippen molar-refractivity contribution in [1.82, 2.24) is 4.98 Å². The van der Waals surface area contributed by atoms with Crippen LogP contribution >= 0.6 is 0 Å². The fraction of sp³-hybridized carbons (Fsp3) is 0.538. The monoisotopic (exact) mass is 264 g/mol. The molecular weight excluding hydrogens is 244 g/mol. The lowest BCUT2D eigenvalue weighted by atomic mass is 10.0. The number of aliphatic hydroxyl groups is 1. The average Bonchev–Trinajstić information content (AvgIpc) is 2.75. The number of primary amides is 1. The smallest absolute Gasteiger partial charge is 0.267 e. The van der Waals surface area contributed by atoms with Gasteiger partial charge in [-0.1, -0.05) is 12.8 Å². The Morgan fingerprint density at radius 2 is 2.11 bits per heavy atom. The molecule has 0 radical (unpaired) electrons. The Morgan fingerprint density at radius 3 is 2.68 bits per heavy atom. The lowest BCUT2D eigenvalue weighted by molar-refractivity contribution is 0.0558. The zero-order valence-corrected chi connectivity index (χ0v) is 11.1. The topological polar surface area (TPSA) is 105 Å². The maximum atomic E-state index is 11.1. The summed E-state index contributed by atoms with van der Waals surface area (Å²) in [7, 11) is 1.81. The minimum atomic E-state index is -0.689. The van der Waals surface area contributed by atoms with Crippen molar-refractivity contribution in [3.05, 3.63) is 17.8 Å². The van der Waals surface area contributed by atoms with Gasteiger partial charge in [-0.15, -0.1) is 0 Å². The molecule has 104 valence electrons. The van der Waals surface area contributed by atoms with Gasteiger partial charge in [0.2, 0.25) is 0 Å². The molecule has 1 saturated carbocycles. The minimum Gasteiger partial charge on any atom is -0.396 e.